The van der Waals surface area contributed by atoms with E-state index in [1.54, 1.807) is 7.11 Å². The van der Waals surface area contributed by atoms with Crippen LogP contribution in [0, 0.1) is 17.8 Å². The maximum absolute atomic E-state index is 4.77. The third-order valence-corrected chi connectivity index (χ3v) is 1.43. The molecule has 0 aromatic rings. The molecule has 1 nitrogen and oxygen atoms in total. The van der Waals surface area contributed by atoms with E-state index in [1.807, 2.05) is 0 Å². The van der Waals surface area contributed by atoms with Crippen molar-refractivity contribution in [1.82, 2.24) is 0 Å². The van der Waals surface area contributed by atoms with E-state index >= 15 is 0 Å². The number of ether oxygens (including phenoxy) is 1. The Kier molecular flexibility index (Phi) is 2.60. The molecule has 1 rings (SSSR count). The normalized spacial score (nSPS) is 16.6. The lowest BCUT2D eigenvalue weighted by Crippen LogP contribution is -1.80. The van der Waals surface area contributed by atoms with Crippen LogP contribution in [0.4, 0.5) is 0 Å². The summed E-state index contributed by atoms with van der Waals surface area (Å²) in [6, 6.07) is 0. The van der Waals surface area contributed by atoms with E-state index in [0.29, 0.717) is 6.61 Å². The first-order chi connectivity index (χ1) is 4.43. The first-order valence-corrected chi connectivity index (χ1v) is 3.38. The zero-order valence-corrected chi connectivity index (χ0v) is 5.81. The number of methoxy groups -OCH3 is 1. The molecule has 0 N–H and O–H groups in total. The third kappa shape index (κ3) is 3.16. The predicted molar refractivity (Wildman–Crippen MR) is 37.0 cm³/mol. The predicted octanol–water partition coefficient (Wildman–Crippen LogP) is 1.44. The van der Waals surface area contributed by atoms with Crippen molar-refractivity contribution < 1.29 is 4.74 Å². The first kappa shape index (κ1) is 6.64. The van der Waals surface area contributed by atoms with Crippen molar-refractivity contribution in [2.24, 2.45) is 5.92 Å². The summed E-state index contributed by atoms with van der Waals surface area (Å²) in [5.41, 5.74) is 0. The van der Waals surface area contributed by atoms with E-state index in [-0.39, 0.29) is 0 Å². The Labute approximate surface area is 56.4 Å². The summed E-state index contributed by atoms with van der Waals surface area (Å²) in [4.78, 5) is 0. The summed E-state index contributed by atoms with van der Waals surface area (Å²) in [6.07, 6.45) is 3.87. The van der Waals surface area contributed by atoms with Crippen LogP contribution >= 0.6 is 0 Å². The third-order valence-electron chi connectivity index (χ3n) is 1.43. The Morgan fingerprint density at radius 2 is 2.22 bits per heavy atom. The van der Waals surface area contributed by atoms with Crippen molar-refractivity contribution in [1.29, 1.82) is 0 Å². The molecule has 50 valence electrons. The van der Waals surface area contributed by atoms with Crippen LogP contribution in [0.1, 0.15) is 19.3 Å². The minimum atomic E-state index is 0.590. The number of rotatable bonds is 2. The number of hydrogen-bond acceptors (Lipinski definition) is 1. The van der Waals surface area contributed by atoms with Crippen molar-refractivity contribution >= 4 is 0 Å². The van der Waals surface area contributed by atoms with Crippen molar-refractivity contribution in [3.63, 3.8) is 0 Å². The Morgan fingerprint density at radius 3 is 2.78 bits per heavy atom. The molecule has 0 atom stereocenters. The monoisotopic (exact) mass is 124 g/mol. The Hall–Kier alpha value is -0.480. The molecule has 0 heterocycles. The van der Waals surface area contributed by atoms with E-state index < -0.39 is 0 Å². The molecule has 0 bridgehead atoms. The van der Waals surface area contributed by atoms with Gasteiger partial charge in [0.25, 0.3) is 0 Å². The standard InChI is InChI=1S/C8H12O/c1-9-7-3-2-4-8-5-6-8/h8H,4-7H2,1H3. The quantitative estimate of drug-likeness (QED) is 0.506. The molecule has 1 aliphatic rings. The molecule has 1 heteroatoms. The maximum atomic E-state index is 4.77. The molecule has 1 fully saturated rings. The van der Waals surface area contributed by atoms with Crippen LogP contribution in [0.25, 0.3) is 0 Å². The average molecular weight is 124 g/mol. The fourth-order valence-electron chi connectivity index (χ4n) is 0.662. The lowest BCUT2D eigenvalue weighted by atomic mass is 10.3. The Bertz CT molecular complexity index is 125. The highest BCUT2D eigenvalue weighted by Crippen LogP contribution is 2.31. The van der Waals surface area contributed by atoms with Gasteiger partial charge in [-0.25, -0.2) is 0 Å². The molecular formula is C8H12O. The molecule has 1 saturated carbocycles. The molecule has 0 spiro atoms. The summed E-state index contributed by atoms with van der Waals surface area (Å²) in [5.74, 6) is 6.93. The fraction of sp³-hybridized carbons (Fsp3) is 0.750. The second-order valence-electron chi connectivity index (χ2n) is 2.43. The zero-order chi connectivity index (χ0) is 6.53. The van der Waals surface area contributed by atoms with E-state index in [0.717, 1.165) is 12.3 Å². The SMILES string of the molecule is COCC#CCC1CC1. The van der Waals surface area contributed by atoms with Gasteiger partial charge in [-0.2, -0.15) is 0 Å². The van der Waals surface area contributed by atoms with E-state index in [2.05, 4.69) is 11.8 Å². The number of hydrogen-bond donors (Lipinski definition) is 0. The molecular weight excluding hydrogens is 112 g/mol. The van der Waals surface area contributed by atoms with Gasteiger partial charge in [-0.3, -0.25) is 0 Å². The zero-order valence-electron chi connectivity index (χ0n) is 5.81. The van der Waals surface area contributed by atoms with Gasteiger partial charge < -0.3 is 4.74 Å². The van der Waals surface area contributed by atoms with Crippen LogP contribution in [0.2, 0.25) is 0 Å². The molecule has 0 radical (unpaired) electrons. The van der Waals surface area contributed by atoms with Gasteiger partial charge in [0.1, 0.15) is 6.61 Å². The van der Waals surface area contributed by atoms with Gasteiger partial charge in [0.15, 0.2) is 0 Å². The lowest BCUT2D eigenvalue weighted by molar-refractivity contribution is 0.239. The van der Waals surface area contributed by atoms with Crippen LogP contribution in [0.15, 0.2) is 0 Å². The highest BCUT2D eigenvalue weighted by Gasteiger charge is 2.19. The van der Waals surface area contributed by atoms with E-state index in [1.165, 1.54) is 12.8 Å². The van der Waals surface area contributed by atoms with Crippen LogP contribution in [0.3, 0.4) is 0 Å². The second-order valence-corrected chi connectivity index (χ2v) is 2.43. The van der Waals surface area contributed by atoms with Crippen LogP contribution in [-0.4, -0.2) is 13.7 Å². The minimum Gasteiger partial charge on any atom is -0.372 e. The molecule has 0 unspecified atom stereocenters. The summed E-state index contributed by atoms with van der Waals surface area (Å²) in [7, 11) is 1.67. The van der Waals surface area contributed by atoms with Gasteiger partial charge >= 0.3 is 0 Å². The van der Waals surface area contributed by atoms with Gasteiger partial charge in [0, 0.05) is 13.5 Å². The van der Waals surface area contributed by atoms with Crippen LogP contribution < -0.4 is 0 Å². The van der Waals surface area contributed by atoms with Crippen LogP contribution in [-0.2, 0) is 4.74 Å². The van der Waals surface area contributed by atoms with Gasteiger partial charge in [0.2, 0.25) is 0 Å². The largest absolute Gasteiger partial charge is 0.372 e. The smallest absolute Gasteiger partial charge is 0.107 e. The van der Waals surface area contributed by atoms with E-state index in [9.17, 15) is 0 Å². The van der Waals surface area contributed by atoms with Crippen molar-refractivity contribution in [2.45, 2.75) is 19.3 Å². The summed E-state index contributed by atoms with van der Waals surface area (Å²) >= 11 is 0. The molecule has 9 heavy (non-hydrogen) atoms. The lowest BCUT2D eigenvalue weighted by Gasteiger charge is -1.82. The summed E-state index contributed by atoms with van der Waals surface area (Å²) < 4.78 is 4.77. The van der Waals surface area contributed by atoms with Gasteiger partial charge in [-0.15, -0.1) is 5.92 Å². The van der Waals surface area contributed by atoms with E-state index in [4.69, 9.17) is 4.74 Å². The molecule has 0 saturated heterocycles. The summed E-state index contributed by atoms with van der Waals surface area (Å²) in [5, 5.41) is 0. The Balaban J connectivity index is 1.95. The average Bonchev–Trinajstić information content (AvgIpc) is 2.63. The second kappa shape index (κ2) is 3.53. The molecule has 0 aromatic heterocycles. The highest BCUT2D eigenvalue weighted by atomic mass is 16.5. The first-order valence-electron chi connectivity index (χ1n) is 3.38. The van der Waals surface area contributed by atoms with Gasteiger partial charge in [0.05, 0.1) is 0 Å². The van der Waals surface area contributed by atoms with Gasteiger partial charge in [-0.05, 0) is 18.8 Å². The maximum Gasteiger partial charge on any atom is 0.107 e. The van der Waals surface area contributed by atoms with Gasteiger partial charge in [-0.1, -0.05) is 5.92 Å². The van der Waals surface area contributed by atoms with Crippen molar-refractivity contribution in [3.8, 4) is 11.8 Å². The summed E-state index contributed by atoms with van der Waals surface area (Å²) in [6.45, 7) is 0.590. The molecule has 0 aliphatic heterocycles. The Morgan fingerprint density at radius 1 is 1.44 bits per heavy atom. The highest BCUT2D eigenvalue weighted by molar-refractivity contribution is 5.02. The fourth-order valence-corrected chi connectivity index (χ4v) is 0.662. The topological polar surface area (TPSA) is 9.23 Å². The van der Waals surface area contributed by atoms with Crippen molar-refractivity contribution in [3.05, 3.63) is 0 Å². The van der Waals surface area contributed by atoms with Crippen molar-refractivity contribution in [2.75, 3.05) is 13.7 Å². The van der Waals surface area contributed by atoms with Crippen LogP contribution in [0.5, 0.6) is 0 Å². The minimum absolute atomic E-state index is 0.590. The molecule has 0 aromatic carbocycles. The molecule has 0 amide bonds. The molecule has 1 aliphatic carbocycles.